The number of thiophene rings is 1. The minimum Gasteiger partial charge on any atom is -0.465 e. The number of benzene rings is 1. The van der Waals surface area contributed by atoms with Crippen molar-refractivity contribution >= 4 is 45.3 Å². The molecule has 0 unspecified atom stereocenters. The number of rotatable bonds is 3. The molecule has 0 atom stereocenters. The number of methoxy groups -OCH3 is 1. The first-order valence-electron chi connectivity index (χ1n) is 9.50. The van der Waals surface area contributed by atoms with Crippen molar-refractivity contribution in [3.8, 4) is 0 Å². The lowest BCUT2D eigenvalue weighted by molar-refractivity contribution is -0.143. The molecular formula is C20H18F6N2O2S2. The molecule has 0 fully saturated rings. The third kappa shape index (κ3) is 5.52. The summed E-state index contributed by atoms with van der Waals surface area (Å²) in [4.78, 5) is 13.3. The van der Waals surface area contributed by atoms with E-state index in [0.29, 0.717) is 29.1 Å². The van der Waals surface area contributed by atoms with Crippen molar-refractivity contribution in [1.82, 2.24) is 0 Å². The number of nitrogens with one attached hydrogen (secondary N) is 2. The van der Waals surface area contributed by atoms with Crippen LogP contribution in [0.15, 0.2) is 18.2 Å². The van der Waals surface area contributed by atoms with Crippen LogP contribution in [0.2, 0.25) is 0 Å². The van der Waals surface area contributed by atoms with Gasteiger partial charge in [-0.1, -0.05) is 6.42 Å². The fourth-order valence-electron chi connectivity index (χ4n) is 3.44. The third-order valence-corrected chi connectivity index (χ3v) is 6.29. The monoisotopic (exact) mass is 496 g/mol. The van der Waals surface area contributed by atoms with Crippen LogP contribution in [0.3, 0.4) is 0 Å². The van der Waals surface area contributed by atoms with E-state index < -0.39 is 35.1 Å². The van der Waals surface area contributed by atoms with E-state index in [0.717, 1.165) is 36.1 Å². The number of alkyl halides is 6. The van der Waals surface area contributed by atoms with Crippen LogP contribution in [0.5, 0.6) is 0 Å². The number of carbonyl (C=O) groups is 1. The highest BCUT2D eigenvalue weighted by Crippen LogP contribution is 2.39. The Labute approximate surface area is 188 Å². The lowest BCUT2D eigenvalue weighted by Gasteiger charge is -2.16. The fraction of sp³-hybridized carbons (Fsp3) is 0.400. The van der Waals surface area contributed by atoms with Crippen molar-refractivity contribution in [2.24, 2.45) is 0 Å². The van der Waals surface area contributed by atoms with Crippen LogP contribution < -0.4 is 10.6 Å². The van der Waals surface area contributed by atoms with E-state index in [-0.39, 0.29) is 11.2 Å². The van der Waals surface area contributed by atoms with Crippen LogP contribution in [0.1, 0.15) is 51.2 Å². The van der Waals surface area contributed by atoms with Crippen LogP contribution in [-0.2, 0) is 29.9 Å². The number of ether oxygens (including phenoxy) is 1. The van der Waals surface area contributed by atoms with Gasteiger partial charge in [0.25, 0.3) is 0 Å². The fourth-order valence-corrected chi connectivity index (χ4v) is 5.01. The Morgan fingerprint density at radius 2 is 1.56 bits per heavy atom. The molecule has 2 aromatic rings. The molecule has 0 aliphatic heterocycles. The molecule has 32 heavy (non-hydrogen) atoms. The van der Waals surface area contributed by atoms with E-state index in [2.05, 4.69) is 10.6 Å². The first-order chi connectivity index (χ1) is 14.9. The Morgan fingerprint density at radius 1 is 0.969 bits per heavy atom. The van der Waals surface area contributed by atoms with E-state index in [1.54, 1.807) is 0 Å². The first-order valence-corrected chi connectivity index (χ1v) is 10.7. The lowest BCUT2D eigenvalue weighted by Crippen LogP contribution is -2.21. The number of thiocarbonyl (C=S) groups is 1. The number of fused-ring (bicyclic) bond motifs is 1. The average molecular weight is 496 g/mol. The van der Waals surface area contributed by atoms with Crippen LogP contribution in [0.4, 0.5) is 37.0 Å². The van der Waals surface area contributed by atoms with Crippen molar-refractivity contribution < 1.29 is 35.9 Å². The first kappa shape index (κ1) is 24.3. The molecule has 1 aromatic carbocycles. The van der Waals surface area contributed by atoms with Gasteiger partial charge >= 0.3 is 18.3 Å². The summed E-state index contributed by atoms with van der Waals surface area (Å²) < 4.78 is 83.3. The van der Waals surface area contributed by atoms with E-state index in [1.807, 2.05) is 0 Å². The molecule has 0 radical (unpaired) electrons. The Morgan fingerprint density at radius 3 is 2.12 bits per heavy atom. The number of carbonyl (C=O) groups excluding carboxylic acids is 1. The number of esters is 1. The molecule has 0 saturated carbocycles. The molecule has 0 spiro atoms. The minimum atomic E-state index is -4.98. The molecule has 0 amide bonds. The van der Waals surface area contributed by atoms with Crippen LogP contribution >= 0.6 is 23.6 Å². The Kier molecular flexibility index (Phi) is 7.03. The number of hydrogen-bond acceptors (Lipinski definition) is 4. The summed E-state index contributed by atoms with van der Waals surface area (Å²) in [5.41, 5.74) is -2.28. The molecule has 1 aromatic heterocycles. The molecule has 0 bridgehead atoms. The zero-order valence-corrected chi connectivity index (χ0v) is 18.3. The van der Waals surface area contributed by atoms with Gasteiger partial charge in [-0.3, -0.25) is 0 Å². The van der Waals surface area contributed by atoms with Gasteiger partial charge in [0.1, 0.15) is 5.00 Å². The van der Waals surface area contributed by atoms with E-state index in [1.165, 1.54) is 18.4 Å². The Hall–Kier alpha value is -2.34. The van der Waals surface area contributed by atoms with Gasteiger partial charge in [-0.25, -0.2) is 4.79 Å². The highest BCUT2D eigenvalue weighted by atomic mass is 32.1. The summed E-state index contributed by atoms with van der Waals surface area (Å²) in [6.07, 6.45) is -5.68. The topological polar surface area (TPSA) is 50.4 Å². The van der Waals surface area contributed by atoms with Gasteiger partial charge in [0, 0.05) is 10.6 Å². The second-order valence-electron chi connectivity index (χ2n) is 7.13. The number of aryl methyl sites for hydroxylation is 1. The van der Waals surface area contributed by atoms with Crippen LogP contribution in [0, 0.1) is 0 Å². The molecule has 1 heterocycles. The zero-order valence-electron chi connectivity index (χ0n) is 16.7. The van der Waals surface area contributed by atoms with Crippen LogP contribution in [-0.4, -0.2) is 18.2 Å². The zero-order chi connectivity index (χ0) is 23.7. The lowest BCUT2D eigenvalue weighted by atomic mass is 10.1. The van der Waals surface area contributed by atoms with E-state index in [4.69, 9.17) is 17.0 Å². The summed E-state index contributed by atoms with van der Waals surface area (Å²) in [5, 5.41) is 5.20. The third-order valence-electron chi connectivity index (χ3n) is 4.88. The maximum Gasteiger partial charge on any atom is 0.416 e. The van der Waals surface area contributed by atoms with Gasteiger partial charge in [-0.05, 0) is 61.7 Å². The molecule has 2 N–H and O–H groups in total. The summed E-state index contributed by atoms with van der Waals surface area (Å²) in [6, 6.07) is 1.11. The predicted molar refractivity (Wildman–Crippen MR) is 113 cm³/mol. The highest BCUT2D eigenvalue weighted by molar-refractivity contribution is 7.80. The molecule has 3 rings (SSSR count). The van der Waals surface area contributed by atoms with Crippen molar-refractivity contribution in [3.63, 3.8) is 0 Å². The Balaban J connectivity index is 1.90. The normalized spacial score (nSPS) is 14.3. The summed E-state index contributed by atoms with van der Waals surface area (Å²) >= 11 is 6.38. The highest BCUT2D eigenvalue weighted by Gasteiger charge is 2.37. The van der Waals surface area contributed by atoms with Gasteiger partial charge in [-0.15, -0.1) is 11.3 Å². The predicted octanol–water partition coefficient (Wildman–Crippen LogP) is 6.65. The van der Waals surface area contributed by atoms with Crippen molar-refractivity contribution in [2.75, 3.05) is 17.7 Å². The average Bonchev–Trinajstić information content (AvgIpc) is 2.86. The molecular weight excluding hydrogens is 478 g/mol. The Bertz CT molecular complexity index is 998. The molecule has 1 aliphatic carbocycles. The largest absolute Gasteiger partial charge is 0.465 e. The molecule has 174 valence electrons. The van der Waals surface area contributed by atoms with Crippen molar-refractivity contribution in [3.05, 3.63) is 45.3 Å². The smallest absolute Gasteiger partial charge is 0.416 e. The van der Waals surface area contributed by atoms with Gasteiger partial charge in [0.15, 0.2) is 5.11 Å². The van der Waals surface area contributed by atoms with Gasteiger partial charge in [0.2, 0.25) is 0 Å². The summed E-state index contributed by atoms with van der Waals surface area (Å²) in [5.74, 6) is -0.590. The van der Waals surface area contributed by atoms with Gasteiger partial charge in [-0.2, -0.15) is 26.3 Å². The van der Waals surface area contributed by atoms with Gasteiger partial charge < -0.3 is 15.4 Å². The maximum absolute atomic E-state index is 13.1. The van der Waals surface area contributed by atoms with E-state index in [9.17, 15) is 31.1 Å². The molecule has 12 heteroatoms. The molecule has 1 aliphatic rings. The second-order valence-corrected chi connectivity index (χ2v) is 8.65. The van der Waals surface area contributed by atoms with Gasteiger partial charge in [0.05, 0.1) is 23.8 Å². The summed E-state index contributed by atoms with van der Waals surface area (Å²) in [6.45, 7) is 0. The number of hydrogen-bond donors (Lipinski definition) is 2. The number of halogens is 6. The molecule has 0 saturated heterocycles. The maximum atomic E-state index is 13.1. The van der Waals surface area contributed by atoms with Crippen molar-refractivity contribution in [2.45, 2.75) is 44.5 Å². The SMILES string of the molecule is COC(=O)c1c(NC(=S)Nc2cc(C(F)(F)F)cc(C(F)(F)F)c2)sc2c1CCCCC2. The standard InChI is InChI=1S/C20H18F6N2O2S2/c1-30-17(29)15-13-5-3-2-4-6-14(13)32-16(15)28-18(31)27-12-8-10(19(21,22)23)7-11(9-12)20(24,25)26/h7-9H,2-6H2,1H3,(H2,27,28,31). The van der Waals surface area contributed by atoms with Crippen molar-refractivity contribution in [1.29, 1.82) is 0 Å². The summed E-state index contributed by atoms with van der Waals surface area (Å²) in [7, 11) is 1.23. The van der Waals surface area contributed by atoms with Crippen LogP contribution in [0.25, 0.3) is 0 Å². The van der Waals surface area contributed by atoms with E-state index >= 15 is 0 Å². The number of anilines is 2. The quantitative estimate of drug-likeness (QED) is 0.216. The molecule has 4 nitrogen and oxygen atoms in total. The second kappa shape index (κ2) is 9.26. The minimum absolute atomic E-state index is 0.0350.